The lowest BCUT2D eigenvalue weighted by molar-refractivity contribution is 0.102. The molecule has 3 nitrogen and oxygen atoms in total. The molecule has 98 valence electrons. The molecule has 1 amide bonds. The van der Waals surface area contributed by atoms with Gasteiger partial charge in [-0.3, -0.25) is 4.79 Å². The molecule has 0 unspecified atom stereocenters. The third kappa shape index (κ3) is 3.43. The number of hydrogen-bond donors (Lipinski definition) is 1. The van der Waals surface area contributed by atoms with Gasteiger partial charge in [-0.1, -0.05) is 23.2 Å². The standard InChI is InChI=1S/C12H6BrCl2FN2O/c13-10-2-1-6(5-17-10)12(19)18-7-3-8(14)11(16)9(15)4-7/h1-5H,(H,18,19). The summed E-state index contributed by atoms with van der Waals surface area (Å²) < 4.78 is 13.8. The van der Waals surface area contributed by atoms with E-state index in [0.717, 1.165) is 0 Å². The van der Waals surface area contributed by atoms with E-state index in [1.807, 2.05) is 0 Å². The first kappa shape index (κ1) is 14.2. The number of benzene rings is 1. The van der Waals surface area contributed by atoms with Crippen LogP contribution in [0.15, 0.2) is 35.1 Å². The molecular weight excluding hydrogens is 358 g/mol. The van der Waals surface area contributed by atoms with Crippen LogP contribution in [0.3, 0.4) is 0 Å². The maximum absolute atomic E-state index is 13.2. The van der Waals surface area contributed by atoms with Crippen molar-refractivity contribution in [1.82, 2.24) is 4.98 Å². The van der Waals surface area contributed by atoms with Gasteiger partial charge >= 0.3 is 0 Å². The van der Waals surface area contributed by atoms with Crippen molar-refractivity contribution >= 4 is 50.7 Å². The Balaban J connectivity index is 2.22. The molecule has 0 radical (unpaired) electrons. The number of hydrogen-bond acceptors (Lipinski definition) is 2. The van der Waals surface area contributed by atoms with Gasteiger partial charge in [0.15, 0.2) is 5.82 Å². The number of nitrogens with one attached hydrogen (secondary N) is 1. The van der Waals surface area contributed by atoms with Gasteiger partial charge in [-0.05, 0) is 40.2 Å². The SMILES string of the molecule is O=C(Nc1cc(Cl)c(F)c(Cl)c1)c1ccc(Br)nc1. The van der Waals surface area contributed by atoms with Gasteiger partial charge in [-0.15, -0.1) is 0 Å². The number of halogens is 4. The predicted octanol–water partition coefficient (Wildman–Crippen LogP) is 4.54. The van der Waals surface area contributed by atoms with Gasteiger partial charge in [-0.2, -0.15) is 0 Å². The van der Waals surface area contributed by atoms with Crippen LogP contribution >= 0.6 is 39.1 Å². The number of carbonyl (C=O) groups excluding carboxylic acids is 1. The largest absolute Gasteiger partial charge is 0.322 e. The quantitative estimate of drug-likeness (QED) is 0.628. The first-order valence-corrected chi connectivity index (χ1v) is 6.59. The second kappa shape index (κ2) is 5.86. The molecule has 0 aliphatic carbocycles. The van der Waals surface area contributed by atoms with Crippen molar-refractivity contribution in [1.29, 1.82) is 0 Å². The summed E-state index contributed by atoms with van der Waals surface area (Å²) >= 11 is 14.4. The van der Waals surface area contributed by atoms with E-state index in [9.17, 15) is 9.18 Å². The molecule has 0 aliphatic rings. The first-order chi connectivity index (χ1) is 8.97. The molecule has 0 saturated carbocycles. The zero-order valence-electron chi connectivity index (χ0n) is 9.25. The Labute approximate surface area is 126 Å². The van der Waals surface area contributed by atoms with Gasteiger partial charge in [0.25, 0.3) is 5.91 Å². The van der Waals surface area contributed by atoms with Gasteiger partial charge in [0.05, 0.1) is 15.6 Å². The Morgan fingerprint density at radius 1 is 1.26 bits per heavy atom. The second-order valence-electron chi connectivity index (χ2n) is 3.58. The summed E-state index contributed by atoms with van der Waals surface area (Å²) in [6, 6.07) is 5.80. The van der Waals surface area contributed by atoms with Gasteiger partial charge in [0.1, 0.15) is 4.60 Å². The van der Waals surface area contributed by atoms with Crippen molar-refractivity contribution in [2.24, 2.45) is 0 Å². The number of rotatable bonds is 2. The monoisotopic (exact) mass is 362 g/mol. The Hall–Kier alpha value is -1.17. The molecule has 0 bridgehead atoms. The van der Waals surface area contributed by atoms with E-state index < -0.39 is 11.7 Å². The molecule has 1 heterocycles. The fraction of sp³-hybridized carbons (Fsp3) is 0. The maximum Gasteiger partial charge on any atom is 0.257 e. The molecule has 0 spiro atoms. The van der Waals surface area contributed by atoms with E-state index in [4.69, 9.17) is 23.2 Å². The van der Waals surface area contributed by atoms with Gasteiger partial charge in [0.2, 0.25) is 0 Å². The van der Waals surface area contributed by atoms with E-state index in [-0.39, 0.29) is 10.0 Å². The van der Waals surface area contributed by atoms with Crippen LogP contribution in [-0.2, 0) is 0 Å². The molecule has 7 heteroatoms. The summed E-state index contributed by atoms with van der Waals surface area (Å²) in [6.45, 7) is 0. The molecule has 1 N–H and O–H groups in total. The average molecular weight is 364 g/mol. The van der Waals surface area contributed by atoms with Gasteiger partial charge < -0.3 is 5.32 Å². The third-order valence-corrected chi connectivity index (χ3v) is 3.25. The number of aromatic nitrogens is 1. The lowest BCUT2D eigenvalue weighted by Gasteiger charge is -2.07. The molecule has 0 saturated heterocycles. The molecule has 19 heavy (non-hydrogen) atoms. The molecule has 0 fully saturated rings. The Morgan fingerprint density at radius 2 is 1.89 bits per heavy atom. The molecule has 1 aromatic carbocycles. The molecule has 0 aliphatic heterocycles. The smallest absolute Gasteiger partial charge is 0.257 e. The van der Waals surface area contributed by atoms with Crippen LogP contribution in [0, 0.1) is 5.82 Å². The summed E-state index contributed by atoms with van der Waals surface area (Å²) in [5, 5.41) is 2.25. The summed E-state index contributed by atoms with van der Waals surface area (Å²) in [7, 11) is 0. The van der Waals surface area contributed by atoms with E-state index in [0.29, 0.717) is 15.9 Å². The van der Waals surface area contributed by atoms with Crippen LogP contribution in [0.2, 0.25) is 10.0 Å². The van der Waals surface area contributed by atoms with Crippen molar-refractivity contribution in [3.63, 3.8) is 0 Å². The summed E-state index contributed by atoms with van der Waals surface area (Å²) in [4.78, 5) is 15.8. The number of pyridine rings is 1. The van der Waals surface area contributed by atoms with Crippen LogP contribution < -0.4 is 5.32 Å². The van der Waals surface area contributed by atoms with Gasteiger partial charge in [0, 0.05) is 11.9 Å². The van der Waals surface area contributed by atoms with E-state index >= 15 is 0 Å². The van der Waals surface area contributed by atoms with E-state index in [1.54, 1.807) is 12.1 Å². The highest BCUT2D eigenvalue weighted by molar-refractivity contribution is 9.10. The summed E-state index contributed by atoms with van der Waals surface area (Å²) in [5.41, 5.74) is 0.670. The third-order valence-electron chi connectivity index (χ3n) is 2.23. The number of nitrogens with zero attached hydrogens (tertiary/aromatic N) is 1. The summed E-state index contributed by atoms with van der Waals surface area (Å²) in [5.74, 6) is -1.11. The normalized spacial score (nSPS) is 10.3. The minimum atomic E-state index is -0.716. The lowest BCUT2D eigenvalue weighted by Crippen LogP contribution is -2.12. The lowest BCUT2D eigenvalue weighted by atomic mass is 10.2. The minimum Gasteiger partial charge on any atom is -0.322 e. The van der Waals surface area contributed by atoms with Crippen LogP contribution in [-0.4, -0.2) is 10.9 Å². The number of anilines is 1. The fourth-order valence-electron chi connectivity index (χ4n) is 1.34. The molecule has 2 aromatic rings. The van der Waals surface area contributed by atoms with Crippen LogP contribution in [0.25, 0.3) is 0 Å². The molecule has 1 aromatic heterocycles. The maximum atomic E-state index is 13.2. The van der Waals surface area contributed by atoms with Crippen molar-refractivity contribution in [3.05, 3.63) is 56.5 Å². The highest BCUT2D eigenvalue weighted by Crippen LogP contribution is 2.27. The topological polar surface area (TPSA) is 42.0 Å². The van der Waals surface area contributed by atoms with Crippen molar-refractivity contribution in [2.75, 3.05) is 5.32 Å². The fourth-order valence-corrected chi connectivity index (χ4v) is 2.06. The molecule has 0 atom stereocenters. The van der Waals surface area contributed by atoms with E-state index in [2.05, 4.69) is 26.2 Å². The van der Waals surface area contributed by atoms with Crippen LogP contribution in [0.5, 0.6) is 0 Å². The van der Waals surface area contributed by atoms with Crippen LogP contribution in [0.4, 0.5) is 10.1 Å². The zero-order chi connectivity index (χ0) is 14.0. The van der Waals surface area contributed by atoms with E-state index in [1.165, 1.54) is 18.3 Å². The predicted molar refractivity (Wildman–Crippen MR) is 76.3 cm³/mol. The highest BCUT2D eigenvalue weighted by Gasteiger charge is 2.11. The second-order valence-corrected chi connectivity index (χ2v) is 5.20. The van der Waals surface area contributed by atoms with Crippen molar-refractivity contribution in [3.8, 4) is 0 Å². The van der Waals surface area contributed by atoms with Crippen molar-refractivity contribution < 1.29 is 9.18 Å². The Bertz CT molecular complexity index is 611. The average Bonchev–Trinajstić information content (AvgIpc) is 2.36. The number of carbonyl (C=O) groups is 1. The zero-order valence-corrected chi connectivity index (χ0v) is 12.4. The molecule has 2 rings (SSSR count). The van der Waals surface area contributed by atoms with Crippen LogP contribution in [0.1, 0.15) is 10.4 Å². The minimum absolute atomic E-state index is 0.156. The summed E-state index contributed by atoms with van der Waals surface area (Å²) in [6.07, 6.45) is 1.41. The highest BCUT2D eigenvalue weighted by atomic mass is 79.9. The number of amides is 1. The Kier molecular flexibility index (Phi) is 4.39. The van der Waals surface area contributed by atoms with Crippen molar-refractivity contribution in [2.45, 2.75) is 0 Å². The Morgan fingerprint density at radius 3 is 2.42 bits per heavy atom. The van der Waals surface area contributed by atoms with Gasteiger partial charge in [-0.25, -0.2) is 9.37 Å². The first-order valence-electron chi connectivity index (χ1n) is 5.05. The molecular formula is C12H6BrCl2FN2O.